The van der Waals surface area contributed by atoms with Gasteiger partial charge in [-0.25, -0.2) is 0 Å². The molecule has 108 valence electrons. The van der Waals surface area contributed by atoms with Crippen molar-refractivity contribution in [2.45, 2.75) is 64.6 Å². The summed E-state index contributed by atoms with van der Waals surface area (Å²) >= 11 is 6.31. The standard InChI is InChI=1S/C14H24ClN3O/c1-3-18-12(13(15)11(2)17-18)9-16-14(10-19)7-5-4-6-8-14/h16,19H,3-10H2,1-2H3. The van der Waals surface area contributed by atoms with Crippen LogP contribution < -0.4 is 5.32 Å². The van der Waals surface area contributed by atoms with Crippen molar-refractivity contribution in [3.05, 3.63) is 16.4 Å². The SMILES string of the molecule is CCn1nc(C)c(Cl)c1CNC1(CO)CCCCC1. The van der Waals surface area contributed by atoms with Gasteiger partial charge in [0.2, 0.25) is 0 Å². The normalized spacial score (nSPS) is 18.7. The molecule has 19 heavy (non-hydrogen) atoms. The Morgan fingerprint density at radius 1 is 1.37 bits per heavy atom. The van der Waals surface area contributed by atoms with Gasteiger partial charge in [-0.3, -0.25) is 4.68 Å². The third-order valence-electron chi connectivity index (χ3n) is 4.20. The number of hydrogen-bond acceptors (Lipinski definition) is 3. The molecule has 0 atom stereocenters. The molecule has 0 aliphatic heterocycles. The van der Waals surface area contributed by atoms with E-state index in [4.69, 9.17) is 11.6 Å². The van der Waals surface area contributed by atoms with Gasteiger partial charge in [0, 0.05) is 18.6 Å². The van der Waals surface area contributed by atoms with Gasteiger partial charge in [0.15, 0.2) is 0 Å². The Kier molecular flexibility index (Phi) is 4.87. The monoisotopic (exact) mass is 285 g/mol. The molecule has 1 saturated carbocycles. The van der Waals surface area contributed by atoms with Crippen molar-refractivity contribution in [1.82, 2.24) is 15.1 Å². The Labute approximate surface area is 120 Å². The van der Waals surface area contributed by atoms with Crippen molar-refractivity contribution in [2.24, 2.45) is 0 Å². The average Bonchev–Trinajstić information content (AvgIpc) is 2.73. The molecule has 2 N–H and O–H groups in total. The molecular weight excluding hydrogens is 262 g/mol. The number of aliphatic hydroxyl groups excluding tert-OH is 1. The van der Waals surface area contributed by atoms with E-state index in [0.717, 1.165) is 35.8 Å². The van der Waals surface area contributed by atoms with Crippen LogP contribution in [0.1, 0.15) is 50.4 Å². The van der Waals surface area contributed by atoms with Gasteiger partial charge in [-0.2, -0.15) is 5.10 Å². The van der Waals surface area contributed by atoms with Crippen LogP contribution in [-0.4, -0.2) is 27.0 Å². The fraction of sp³-hybridized carbons (Fsp3) is 0.786. The number of nitrogens with zero attached hydrogens (tertiary/aromatic N) is 2. The number of halogens is 1. The summed E-state index contributed by atoms with van der Waals surface area (Å²) < 4.78 is 1.94. The predicted octanol–water partition coefficient (Wildman–Crippen LogP) is 2.65. The van der Waals surface area contributed by atoms with E-state index in [1.165, 1.54) is 19.3 Å². The van der Waals surface area contributed by atoms with Crippen molar-refractivity contribution in [1.29, 1.82) is 0 Å². The number of aryl methyl sites for hydroxylation is 2. The molecule has 1 aliphatic rings. The van der Waals surface area contributed by atoms with Crippen LogP contribution in [-0.2, 0) is 13.1 Å². The maximum Gasteiger partial charge on any atom is 0.0860 e. The van der Waals surface area contributed by atoms with E-state index in [9.17, 15) is 5.11 Å². The van der Waals surface area contributed by atoms with Crippen LogP contribution in [0.4, 0.5) is 0 Å². The molecule has 1 aliphatic carbocycles. The zero-order chi connectivity index (χ0) is 13.9. The lowest BCUT2D eigenvalue weighted by atomic mass is 9.82. The van der Waals surface area contributed by atoms with Gasteiger partial charge in [-0.05, 0) is 26.7 Å². The van der Waals surface area contributed by atoms with Crippen molar-refractivity contribution in [3.63, 3.8) is 0 Å². The van der Waals surface area contributed by atoms with E-state index in [-0.39, 0.29) is 12.1 Å². The Balaban J connectivity index is 2.08. The van der Waals surface area contributed by atoms with E-state index < -0.39 is 0 Å². The molecule has 0 saturated heterocycles. The summed E-state index contributed by atoms with van der Waals surface area (Å²) in [6.45, 7) is 5.68. The van der Waals surface area contributed by atoms with Crippen LogP contribution in [0.15, 0.2) is 0 Å². The Morgan fingerprint density at radius 3 is 2.63 bits per heavy atom. The van der Waals surface area contributed by atoms with Crippen LogP contribution >= 0.6 is 11.6 Å². The number of rotatable bonds is 5. The molecule has 2 rings (SSSR count). The number of nitrogens with one attached hydrogen (secondary N) is 1. The molecule has 0 aromatic carbocycles. The first-order chi connectivity index (χ1) is 9.12. The second-order valence-electron chi connectivity index (χ2n) is 5.51. The smallest absolute Gasteiger partial charge is 0.0860 e. The number of aliphatic hydroxyl groups is 1. The van der Waals surface area contributed by atoms with Crippen LogP contribution in [0.5, 0.6) is 0 Å². The quantitative estimate of drug-likeness (QED) is 0.874. The summed E-state index contributed by atoms with van der Waals surface area (Å²) in [5.41, 5.74) is 1.78. The van der Waals surface area contributed by atoms with Gasteiger partial charge in [-0.1, -0.05) is 30.9 Å². The van der Waals surface area contributed by atoms with Crippen molar-refractivity contribution in [3.8, 4) is 0 Å². The minimum Gasteiger partial charge on any atom is -0.394 e. The van der Waals surface area contributed by atoms with E-state index >= 15 is 0 Å². The molecule has 1 fully saturated rings. The zero-order valence-corrected chi connectivity index (χ0v) is 12.6. The minimum atomic E-state index is -0.127. The van der Waals surface area contributed by atoms with Gasteiger partial charge >= 0.3 is 0 Å². The molecular formula is C14H24ClN3O. The summed E-state index contributed by atoms with van der Waals surface area (Å²) in [5, 5.41) is 18.4. The third-order valence-corrected chi connectivity index (χ3v) is 4.69. The largest absolute Gasteiger partial charge is 0.394 e. The van der Waals surface area contributed by atoms with E-state index in [1.807, 2.05) is 11.6 Å². The molecule has 0 radical (unpaired) electrons. The summed E-state index contributed by atoms with van der Waals surface area (Å²) in [7, 11) is 0. The van der Waals surface area contributed by atoms with Gasteiger partial charge in [0.1, 0.15) is 0 Å². The minimum absolute atomic E-state index is 0.127. The molecule has 1 heterocycles. The van der Waals surface area contributed by atoms with E-state index in [2.05, 4.69) is 17.3 Å². The highest BCUT2D eigenvalue weighted by Gasteiger charge is 2.31. The molecule has 0 spiro atoms. The summed E-state index contributed by atoms with van der Waals surface area (Å²) in [6.07, 6.45) is 5.73. The second kappa shape index (κ2) is 6.25. The van der Waals surface area contributed by atoms with Crippen molar-refractivity contribution < 1.29 is 5.11 Å². The van der Waals surface area contributed by atoms with Gasteiger partial charge in [0.25, 0.3) is 0 Å². The van der Waals surface area contributed by atoms with Crippen LogP contribution in [0.25, 0.3) is 0 Å². The summed E-state index contributed by atoms with van der Waals surface area (Å²) in [5.74, 6) is 0. The topological polar surface area (TPSA) is 50.1 Å². The maximum absolute atomic E-state index is 9.70. The Morgan fingerprint density at radius 2 is 2.05 bits per heavy atom. The average molecular weight is 286 g/mol. The molecule has 1 aromatic rings. The van der Waals surface area contributed by atoms with E-state index in [0.29, 0.717) is 6.54 Å². The van der Waals surface area contributed by atoms with Crippen LogP contribution in [0, 0.1) is 6.92 Å². The highest BCUT2D eigenvalue weighted by Crippen LogP contribution is 2.29. The third kappa shape index (κ3) is 3.12. The Hall–Kier alpha value is -0.580. The Bertz CT molecular complexity index is 425. The first-order valence-corrected chi connectivity index (χ1v) is 7.57. The first-order valence-electron chi connectivity index (χ1n) is 7.19. The van der Waals surface area contributed by atoms with Crippen LogP contribution in [0.2, 0.25) is 5.02 Å². The lowest BCUT2D eigenvalue weighted by Gasteiger charge is -2.36. The molecule has 0 bridgehead atoms. The van der Waals surface area contributed by atoms with Crippen molar-refractivity contribution in [2.75, 3.05) is 6.61 Å². The lowest BCUT2D eigenvalue weighted by Crippen LogP contribution is -2.49. The highest BCUT2D eigenvalue weighted by molar-refractivity contribution is 6.31. The molecule has 5 heteroatoms. The highest BCUT2D eigenvalue weighted by atomic mass is 35.5. The fourth-order valence-electron chi connectivity index (χ4n) is 2.93. The molecule has 1 aromatic heterocycles. The summed E-state index contributed by atoms with van der Waals surface area (Å²) in [4.78, 5) is 0. The number of hydrogen-bond donors (Lipinski definition) is 2. The molecule has 0 unspecified atom stereocenters. The zero-order valence-electron chi connectivity index (χ0n) is 11.9. The van der Waals surface area contributed by atoms with Gasteiger partial charge in [-0.15, -0.1) is 0 Å². The van der Waals surface area contributed by atoms with Gasteiger partial charge in [0.05, 0.1) is 23.0 Å². The lowest BCUT2D eigenvalue weighted by molar-refractivity contribution is 0.118. The van der Waals surface area contributed by atoms with Crippen LogP contribution in [0.3, 0.4) is 0 Å². The summed E-state index contributed by atoms with van der Waals surface area (Å²) in [6, 6.07) is 0. The first kappa shape index (κ1) is 14.8. The molecule has 4 nitrogen and oxygen atoms in total. The number of aromatic nitrogens is 2. The maximum atomic E-state index is 9.70. The van der Waals surface area contributed by atoms with Crippen molar-refractivity contribution >= 4 is 11.6 Å². The fourth-order valence-corrected chi connectivity index (χ4v) is 3.13. The predicted molar refractivity (Wildman–Crippen MR) is 77.4 cm³/mol. The second-order valence-corrected chi connectivity index (χ2v) is 5.89. The van der Waals surface area contributed by atoms with Gasteiger partial charge < -0.3 is 10.4 Å². The van der Waals surface area contributed by atoms with E-state index in [1.54, 1.807) is 0 Å². The molecule has 0 amide bonds.